The van der Waals surface area contributed by atoms with Gasteiger partial charge in [0, 0.05) is 5.02 Å². The molecule has 2 aromatic rings. The van der Waals surface area contributed by atoms with E-state index in [9.17, 15) is 8.42 Å². The van der Waals surface area contributed by atoms with E-state index in [0.29, 0.717) is 5.02 Å². The molecule has 0 saturated heterocycles. The molecule has 0 unspecified atom stereocenters. The molecule has 100 valence electrons. The van der Waals surface area contributed by atoms with Crippen LogP contribution in [-0.4, -0.2) is 23.4 Å². The van der Waals surface area contributed by atoms with Gasteiger partial charge in [-0.1, -0.05) is 11.6 Å². The zero-order valence-electron chi connectivity index (χ0n) is 9.01. The highest BCUT2D eigenvalue weighted by atomic mass is 35.5. The van der Waals surface area contributed by atoms with Gasteiger partial charge in [0.1, 0.15) is 0 Å². The van der Waals surface area contributed by atoms with Gasteiger partial charge in [0.15, 0.2) is 0 Å². The van der Waals surface area contributed by atoms with Crippen molar-refractivity contribution in [2.24, 2.45) is 0 Å². The summed E-state index contributed by atoms with van der Waals surface area (Å²) in [5.74, 6) is -0.264. The van der Waals surface area contributed by atoms with Gasteiger partial charge in [-0.05, 0) is 47.5 Å². The molecule has 10 heteroatoms. The topological polar surface area (TPSA) is 84.8 Å². The number of anilines is 1. The summed E-state index contributed by atoms with van der Waals surface area (Å²) in [5, 5.41) is -0.00666. The summed E-state index contributed by atoms with van der Waals surface area (Å²) in [6.07, 6.45) is 0. The lowest BCUT2D eigenvalue weighted by Gasteiger charge is -2.06. The van der Waals surface area contributed by atoms with Crippen molar-refractivity contribution in [3.63, 3.8) is 0 Å². The maximum absolute atomic E-state index is 12.0. The molecule has 0 saturated carbocycles. The highest BCUT2D eigenvalue weighted by Crippen LogP contribution is 2.17. The van der Waals surface area contributed by atoms with Crippen LogP contribution in [0.25, 0.3) is 0 Å². The first-order valence-corrected chi connectivity index (χ1v) is 7.34. The summed E-state index contributed by atoms with van der Waals surface area (Å²) in [6.45, 7) is 0. The molecule has 1 N–H and O–H groups in total. The Bertz CT molecular complexity index is 686. The smallest absolute Gasteiger partial charge is 0.247 e. The van der Waals surface area contributed by atoms with Gasteiger partial charge in [0.25, 0.3) is 10.0 Å². The second-order valence-electron chi connectivity index (χ2n) is 3.26. The maximum Gasteiger partial charge on any atom is 0.264 e. The summed E-state index contributed by atoms with van der Waals surface area (Å²) in [6, 6.07) is 5.58. The van der Waals surface area contributed by atoms with Crippen molar-refractivity contribution in [1.29, 1.82) is 0 Å². The number of nitrogens with one attached hydrogen (secondary N) is 1. The van der Waals surface area contributed by atoms with E-state index in [-0.39, 0.29) is 21.4 Å². The molecule has 1 aromatic carbocycles. The fourth-order valence-corrected chi connectivity index (χ4v) is 2.60. The number of hydrogen-bond acceptors (Lipinski definition) is 5. The summed E-state index contributed by atoms with van der Waals surface area (Å²) >= 11 is 16.8. The maximum atomic E-state index is 12.0. The number of nitrogens with zero attached hydrogens (tertiary/aromatic N) is 3. The zero-order chi connectivity index (χ0) is 14.0. The number of benzene rings is 1. The van der Waals surface area contributed by atoms with Gasteiger partial charge in [-0.2, -0.15) is 15.0 Å². The van der Waals surface area contributed by atoms with Gasteiger partial charge >= 0.3 is 0 Å². The highest BCUT2D eigenvalue weighted by Gasteiger charge is 2.16. The average Bonchev–Trinajstić information content (AvgIpc) is 2.27. The van der Waals surface area contributed by atoms with Crippen LogP contribution >= 0.6 is 34.8 Å². The number of hydrogen-bond donors (Lipinski definition) is 1. The third-order valence-corrected chi connectivity index (χ3v) is 3.86. The van der Waals surface area contributed by atoms with Crippen molar-refractivity contribution in [2.45, 2.75) is 4.90 Å². The largest absolute Gasteiger partial charge is 0.264 e. The van der Waals surface area contributed by atoms with E-state index in [4.69, 9.17) is 34.8 Å². The second-order valence-corrected chi connectivity index (χ2v) is 6.05. The number of halogens is 3. The van der Waals surface area contributed by atoms with Crippen LogP contribution in [0.2, 0.25) is 15.6 Å². The van der Waals surface area contributed by atoms with Gasteiger partial charge < -0.3 is 0 Å². The predicted octanol–water partition coefficient (Wildman–Crippen LogP) is 2.63. The quantitative estimate of drug-likeness (QED) is 0.929. The van der Waals surface area contributed by atoms with Gasteiger partial charge in [-0.3, -0.25) is 0 Å². The number of aromatic nitrogens is 3. The molecule has 19 heavy (non-hydrogen) atoms. The minimum absolute atomic E-state index is 0.00422. The van der Waals surface area contributed by atoms with E-state index in [1.165, 1.54) is 24.3 Å². The van der Waals surface area contributed by atoms with Crippen LogP contribution in [0.15, 0.2) is 29.2 Å². The Balaban J connectivity index is 2.33. The standard InChI is InChI=1S/C9H5Cl3N4O2S/c10-5-1-3-6(4-2-5)19(17,18)16-9-14-7(11)13-8(12)15-9/h1-4H,(H,13,14,15,16). The van der Waals surface area contributed by atoms with Crippen LogP contribution in [0.3, 0.4) is 0 Å². The Kier molecular flexibility index (Phi) is 4.10. The Hall–Kier alpha value is -1.15. The van der Waals surface area contributed by atoms with E-state index >= 15 is 0 Å². The molecule has 0 spiro atoms. The van der Waals surface area contributed by atoms with Gasteiger partial charge in [-0.25, -0.2) is 13.1 Å². The summed E-state index contributed by atoms with van der Waals surface area (Å²) < 4.78 is 26.1. The fourth-order valence-electron chi connectivity index (χ4n) is 1.16. The first kappa shape index (κ1) is 14.3. The third-order valence-electron chi connectivity index (χ3n) is 1.93. The average molecular weight is 340 g/mol. The molecular weight excluding hydrogens is 335 g/mol. The predicted molar refractivity (Wildman–Crippen MR) is 72.1 cm³/mol. The van der Waals surface area contributed by atoms with Crippen LogP contribution in [0.4, 0.5) is 5.95 Å². The summed E-state index contributed by atoms with van der Waals surface area (Å²) in [7, 11) is -3.84. The van der Waals surface area contributed by atoms with E-state index in [1.807, 2.05) is 0 Å². The Morgan fingerprint density at radius 3 is 1.95 bits per heavy atom. The second kappa shape index (κ2) is 5.46. The SMILES string of the molecule is O=S(=O)(Nc1nc(Cl)nc(Cl)n1)c1ccc(Cl)cc1. The molecule has 0 aliphatic rings. The van der Waals surface area contributed by atoms with Crippen molar-refractivity contribution >= 4 is 50.8 Å². The normalized spacial score (nSPS) is 11.3. The third kappa shape index (κ3) is 3.66. The minimum Gasteiger partial charge on any atom is -0.247 e. The lowest BCUT2D eigenvalue weighted by Crippen LogP contribution is -2.15. The summed E-state index contributed by atoms with van der Waals surface area (Å²) in [4.78, 5) is 10.7. The molecule has 1 heterocycles. The van der Waals surface area contributed by atoms with Crippen LogP contribution in [0.5, 0.6) is 0 Å². The van der Waals surface area contributed by atoms with Crippen LogP contribution in [0.1, 0.15) is 0 Å². The minimum atomic E-state index is -3.84. The van der Waals surface area contributed by atoms with E-state index in [1.54, 1.807) is 0 Å². The van der Waals surface area contributed by atoms with Gasteiger partial charge in [-0.15, -0.1) is 0 Å². The zero-order valence-corrected chi connectivity index (χ0v) is 12.1. The van der Waals surface area contributed by atoms with Gasteiger partial charge in [0.05, 0.1) is 4.90 Å². The fraction of sp³-hybridized carbons (Fsp3) is 0. The molecule has 1 aromatic heterocycles. The lowest BCUT2D eigenvalue weighted by atomic mass is 10.4. The van der Waals surface area contributed by atoms with Crippen molar-refractivity contribution in [3.05, 3.63) is 39.9 Å². The Labute approximate surface area is 123 Å². The first-order valence-electron chi connectivity index (χ1n) is 4.72. The molecule has 0 aliphatic heterocycles. The highest BCUT2D eigenvalue weighted by molar-refractivity contribution is 7.92. The van der Waals surface area contributed by atoms with Crippen molar-refractivity contribution in [1.82, 2.24) is 15.0 Å². The molecule has 2 rings (SSSR count). The van der Waals surface area contributed by atoms with Crippen molar-refractivity contribution < 1.29 is 8.42 Å². The van der Waals surface area contributed by atoms with Gasteiger partial charge in [0.2, 0.25) is 16.5 Å². The lowest BCUT2D eigenvalue weighted by molar-refractivity contribution is 0.601. The monoisotopic (exact) mass is 338 g/mol. The van der Waals surface area contributed by atoms with Crippen molar-refractivity contribution in [2.75, 3.05) is 4.72 Å². The molecular formula is C9H5Cl3N4O2S. The van der Waals surface area contributed by atoms with E-state index in [2.05, 4.69) is 19.7 Å². The van der Waals surface area contributed by atoms with E-state index in [0.717, 1.165) is 0 Å². The van der Waals surface area contributed by atoms with Crippen LogP contribution in [-0.2, 0) is 10.0 Å². The molecule has 0 aliphatic carbocycles. The molecule has 0 fully saturated rings. The van der Waals surface area contributed by atoms with Crippen molar-refractivity contribution in [3.8, 4) is 0 Å². The Morgan fingerprint density at radius 1 is 0.895 bits per heavy atom. The van der Waals surface area contributed by atoms with E-state index < -0.39 is 10.0 Å². The Morgan fingerprint density at radius 2 is 1.42 bits per heavy atom. The van der Waals surface area contributed by atoms with Crippen LogP contribution < -0.4 is 4.72 Å². The molecule has 0 amide bonds. The number of sulfonamides is 1. The van der Waals surface area contributed by atoms with Crippen LogP contribution in [0, 0.1) is 0 Å². The molecule has 0 bridgehead atoms. The molecule has 0 atom stereocenters. The molecule has 0 radical (unpaired) electrons. The first-order chi connectivity index (χ1) is 8.87. The number of rotatable bonds is 3. The summed E-state index contributed by atoms with van der Waals surface area (Å²) in [5.41, 5.74) is 0. The molecule has 6 nitrogen and oxygen atoms in total.